The smallest absolute Gasteiger partial charge is 0.449 e. The number of hydrogen-bond acceptors (Lipinski definition) is 8. The molecule has 0 saturated heterocycles. The molecule has 0 bridgehead atoms. The van der Waals surface area contributed by atoms with Crippen molar-refractivity contribution in [1.82, 2.24) is 0 Å². The molecular weight excluding hydrogens is 348 g/mol. The second kappa shape index (κ2) is 7.47. The van der Waals surface area contributed by atoms with E-state index < -0.39 is 33.9 Å². The van der Waals surface area contributed by atoms with Gasteiger partial charge in [-0.05, 0) is 24.3 Å². The molecule has 0 saturated carbocycles. The Morgan fingerprint density at radius 2 is 1.58 bits per heavy atom. The molecule has 136 valence electrons. The number of nitrogens with zero attached hydrogens (tertiary/aromatic N) is 1. The van der Waals surface area contributed by atoms with Gasteiger partial charge in [-0.2, -0.15) is 0 Å². The van der Waals surface area contributed by atoms with Crippen LogP contribution in [-0.2, 0) is 14.3 Å². The number of carbonyl (C=O) groups is 3. The van der Waals surface area contributed by atoms with Crippen molar-refractivity contribution in [2.45, 2.75) is 6.92 Å². The monoisotopic (exact) mass is 362 g/mol. The summed E-state index contributed by atoms with van der Waals surface area (Å²) in [6.45, 7) is 1.34. The predicted octanol–water partition coefficient (Wildman–Crippen LogP) is 2.39. The number of anilines is 1. The Hall–Kier alpha value is -3.69. The van der Waals surface area contributed by atoms with Crippen molar-refractivity contribution in [3.63, 3.8) is 0 Å². The molecule has 1 aromatic heterocycles. The molecule has 0 aliphatic heterocycles. The average Bonchev–Trinajstić information content (AvgIpc) is 3.01. The van der Waals surface area contributed by atoms with Gasteiger partial charge >= 0.3 is 17.8 Å². The van der Waals surface area contributed by atoms with Crippen LogP contribution in [0.25, 0.3) is 11.3 Å². The maximum absolute atomic E-state index is 12.1. The van der Waals surface area contributed by atoms with Crippen LogP contribution in [-0.4, -0.2) is 37.0 Å². The summed E-state index contributed by atoms with van der Waals surface area (Å²) in [5.41, 5.74) is -0.323. The lowest BCUT2D eigenvalue weighted by Crippen LogP contribution is -2.11. The number of amides is 1. The van der Waals surface area contributed by atoms with E-state index >= 15 is 0 Å². The molecule has 1 aromatic carbocycles. The van der Waals surface area contributed by atoms with E-state index in [4.69, 9.17) is 4.42 Å². The first-order valence-corrected chi connectivity index (χ1v) is 7.16. The molecule has 1 heterocycles. The molecule has 0 unspecified atom stereocenters. The zero-order valence-electron chi connectivity index (χ0n) is 14.0. The standard InChI is InChI=1S/C16H14N2O8/c1-8(19)17-10-6-4-9(5-7-10)13-11(15(20)24-2)12(16(21)25-3)14(26-13)18(22)23/h4-7H,1-3H3,(H,17,19). The number of esters is 2. The van der Waals surface area contributed by atoms with Crippen LogP contribution in [0.15, 0.2) is 28.7 Å². The van der Waals surface area contributed by atoms with Crippen molar-refractivity contribution in [3.8, 4) is 11.3 Å². The first-order chi connectivity index (χ1) is 12.3. The van der Waals surface area contributed by atoms with E-state index in [9.17, 15) is 24.5 Å². The minimum absolute atomic E-state index is 0.224. The summed E-state index contributed by atoms with van der Waals surface area (Å²) in [6.07, 6.45) is 0. The van der Waals surface area contributed by atoms with Crippen LogP contribution in [0.1, 0.15) is 27.6 Å². The Bertz CT molecular complexity index is 882. The summed E-state index contributed by atoms with van der Waals surface area (Å²) in [4.78, 5) is 45.4. The molecule has 0 radical (unpaired) electrons. The van der Waals surface area contributed by atoms with Crippen LogP contribution >= 0.6 is 0 Å². The molecule has 0 spiro atoms. The van der Waals surface area contributed by atoms with Crippen LogP contribution in [0, 0.1) is 10.1 Å². The van der Waals surface area contributed by atoms with Crippen molar-refractivity contribution in [2.75, 3.05) is 19.5 Å². The molecular formula is C16H14N2O8. The van der Waals surface area contributed by atoms with Gasteiger partial charge in [-0.25, -0.2) is 9.59 Å². The van der Waals surface area contributed by atoms with Gasteiger partial charge in [0, 0.05) is 18.2 Å². The van der Waals surface area contributed by atoms with Crippen LogP contribution in [0.2, 0.25) is 0 Å². The zero-order chi connectivity index (χ0) is 19.4. The summed E-state index contributed by atoms with van der Waals surface area (Å²) in [5, 5.41) is 13.8. The van der Waals surface area contributed by atoms with Gasteiger partial charge in [0.25, 0.3) is 0 Å². The fourth-order valence-electron chi connectivity index (χ4n) is 2.25. The number of carbonyl (C=O) groups excluding carboxylic acids is 3. The van der Waals surface area contributed by atoms with E-state index in [2.05, 4.69) is 14.8 Å². The number of hydrogen-bond donors (Lipinski definition) is 1. The van der Waals surface area contributed by atoms with Crippen molar-refractivity contribution < 1.29 is 33.2 Å². The second-order valence-electron chi connectivity index (χ2n) is 4.99. The van der Waals surface area contributed by atoms with Crippen molar-refractivity contribution in [3.05, 3.63) is 45.5 Å². The summed E-state index contributed by atoms with van der Waals surface area (Å²) >= 11 is 0. The Morgan fingerprint density at radius 1 is 1.04 bits per heavy atom. The zero-order valence-corrected chi connectivity index (χ0v) is 14.0. The number of ether oxygens (including phenoxy) is 2. The summed E-state index contributed by atoms with van der Waals surface area (Å²) < 4.78 is 14.3. The van der Waals surface area contributed by atoms with Gasteiger partial charge in [-0.3, -0.25) is 14.9 Å². The van der Waals surface area contributed by atoms with Gasteiger partial charge in [-0.1, -0.05) is 0 Å². The van der Waals surface area contributed by atoms with E-state index in [1.807, 2.05) is 0 Å². The van der Waals surface area contributed by atoms with Gasteiger partial charge in [0.15, 0.2) is 11.3 Å². The number of furan rings is 1. The van der Waals surface area contributed by atoms with E-state index in [0.29, 0.717) is 5.69 Å². The third kappa shape index (κ3) is 3.53. The van der Waals surface area contributed by atoms with Crippen molar-refractivity contribution in [1.29, 1.82) is 0 Å². The van der Waals surface area contributed by atoms with Crippen LogP contribution in [0.4, 0.5) is 11.6 Å². The summed E-state index contributed by atoms with van der Waals surface area (Å²) in [5.74, 6) is -3.55. The largest absolute Gasteiger partial charge is 0.465 e. The molecule has 2 rings (SSSR count). The Morgan fingerprint density at radius 3 is 2.04 bits per heavy atom. The summed E-state index contributed by atoms with van der Waals surface area (Å²) in [6, 6.07) is 5.93. The molecule has 0 aliphatic rings. The molecule has 1 amide bonds. The Balaban J connectivity index is 2.67. The van der Waals surface area contributed by atoms with Crippen LogP contribution in [0.5, 0.6) is 0 Å². The lowest BCUT2D eigenvalue weighted by molar-refractivity contribution is -0.402. The highest BCUT2D eigenvalue weighted by Crippen LogP contribution is 2.37. The topological polar surface area (TPSA) is 138 Å². The molecule has 10 heteroatoms. The molecule has 2 aromatic rings. The molecule has 0 atom stereocenters. The maximum atomic E-state index is 12.1. The quantitative estimate of drug-likeness (QED) is 0.486. The first kappa shape index (κ1) is 18.6. The Labute approximate surface area is 146 Å². The number of methoxy groups -OCH3 is 2. The normalized spacial score (nSPS) is 10.1. The van der Waals surface area contributed by atoms with Gasteiger partial charge < -0.3 is 19.2 Å². The fourth-order valence-corrected chi connectivity index (χ4v) is 2.25. The van der Waals surface area contributed by atoms with Gasteiger partial charge in [-0.15, -0.1) is 0 Å². The molecule has 26 heavy (non-hydrogen) atoms. The molecule has 10 nitrogen and oxygen atoms in total. The number of benzene rings is 1. The average molecular weight is 362 g/mol. The van der Waals surface area contributed by atoms with E-state index in [0.717, 1.165) is 14.2 Å². The van der Waals surface area contributed by atoms with E-state index in [1.54, 1.807) is 0 Å². The minimum Gasteiger partial charge on any atom is -0.465 e. The van der Waals surface area contributed by atoms with Gasteiger partial charge in [0.05, 0.1) is 14.2 Å². The molecule has 0 fully saturated rings. The molecule has 1 N–H and O–H groups in total. The van der Waals surface area contributed by atoms with Crippen LogP contribution in [0.3, 0.4) is 0 Å². The predicted molar refractivity (Wildman–Crippen MR) is 87.8 cm³/mol. The van der Waals surface area contributed by atoms with Gasteiger partial charge in [0.2, 0.25) is 5.91 Å². The van der Waals surface area contributed by atoms with Crippen molar-refractivity contribution in [2.24, 2.45) is 0 Å². The van der Waals surface area contributed by atoms with E-state index in [1.165, 1.54) is 31.2 Å². The van der Waals surface area contributed by atoms with Crippen molar-refractivity contribution >= 4 is 29.4 Å². The Kier molecular flexibility index (Phi) is 5.36. The molecule has 0 aliphatic carbocycles. The first-order valence-electron chi connectivity index (χ1n) is 7.16. The highest BCUT2D eigenvalue weighted by Gasteiger charge is 2.38. The minimum atomic E-state index is -1.11. The number of rotatable bonds is 5. The lowest BCUT2D eigenvalue weighted by Gasteiger charge is -2.05. The number of nitro groups is 1. The van der Waals surface area contributed by atoms with E-state index in [-0.39, 0.29) is 17.2 Å². The fraction of sp³-hybridized carbons (Fsp3) is 0.188. The highest BCUT2D eigenvalue weighted by molar-refractivity contribution is 6.09. The van der Waals surface area contributed by atoms with Crippen LogP contribution < -0.4 is 5.32 Å². The maximum Gasteiger partial charge on any atom is 0.449 e. The van der Waals surface area contributed by atoms with Gasteiger partial charge in [0.1, 0.15) is 10.5 Å². The SMILES string of the molecule is COC(=O)c1c(-c2ccc(NC(C)=O)cc2)oc([N+](=O)[O-])c1C(=O)OC. The lowest BCUT2D eigenvalue weighted by atomic mass is 10.0. The summed E-state index contributed by atoms with van der Waals surface area (Å²) in [7, 11) is 2.08. The second-order valence-corrected chi connectivity index (χ2v) is 4.99. The third-order valence-corrected chi connectivity index (χ3v) is 3.30. The third-order valence-electron chi connectivity index (χ3n) is 3.30. The highest BCUT2D eigenvalue weighted by atomic mass is 16.7. The number of nitrogens with one attached hydrogen (secondary N) is 1.